The van der Waals surface area contributed by atoms with Crippen molar-refractivity contribution >= 4 is 47.9 Å². The Balaban J connectivity index is 2.25. The van der Waals surface area contributed by atoms with Crippen molar-refractivity contribution in [2.75, 3.05) is 6.61 Å². The van der Waals surface area contributed by atoms with Crippen LogP contribution in [0.2, 0.25) is 0 Å². The highest BCUT2D eigenvalue weighted by Crippen LogP contribution is 2.62. The van der Waals surface area contributed by atoms with Crippen molar-refractivity contribution < 1.29 is 22.1 Å². The van der Waals surface area contributed by atoms with Crippen LogP contribution >= 0.6 is 31.9 Å². The van der Waals surface area contributed by atoms with Crippen LogP contribution in [0.5, 0.6) is 0 Å². The molecule has 8 heteroatoms. The first-order valence-corrected chi connectivity index (χ1v) is 11.2. The van der Waals surface area contributed by atoms with Gasteiger partial charge >= 0.3 is 5.97 Å². The highest BCUT2D eigenvalue weighted by atomic mass is 79.9. The Kier molecular flexibility index (Phi) is 6.40. The van der Waals surface area contributed by atoms with E-state index in [4.69, 9.17) is 8.92 Å². The average molecular weight is 498 g/mol. The highest BCUT2D eigenvalue weighted by Gasteiger charge is 2.67. The Hall–Kier alpha value is -0.440. The van der Waals surface area contributed by atoms with Crippen molar-refractivity contribution in [1.82, 2.24) is 0 Å². The van der Waals surface area contributed by atoms with E-state index in [-0.39, 0.29) is 23.4 Å². The van der Waals surface area contributed by atoms with Crippen LogP contribution in [0.25, 0.3) is 0 Å². The lowest BCUT2D eigenvalue weighted by Gasteiger charge is -2.20. The number of carbonyl (C=O) groups excluding carboxylic acids is 1. The average Bonchev–Trinajstić information content (AvgIpc) is 3.07. The van der Waals surface area contributed by atoms with E-state index in [0.717, 1.165) is 5.56 Å². The molecule has 0 aliphatic heterocycles. The molecular formula is C17H22Br2O5S. The summed E-state index contributed by atoms with van der Waals surface area (Å²) in [5, 5.41) is 0. The standard InChI is InChI=1S/C17H22Br2O5S/c1-5-23-16(20)13-12(17(13,3)4)14(15(18)19)24-25(21,22)11-8-6-10(2)7-9-11/h6-9,12-15H,5H2,1-4H3/t12-,13-,14?/m0/s1. The number of hydrogen-bond acceptors (Lipinski definition) is 5. The summed E-state index contributed by atoms with van der Waals surface area (Å²) >= 11 is 6.72. The van der Waals surface area contributed by atoms with Crippen molar-refractivity contribution in [1.29, 1.82) is 0 Å². The van der Waals surface area contributed by atoms with Gasteiger partial charge in [0.15, 0.2) is 0 Å². The number of esters is 1. The minimum Gasteiger partial charge on any atom is -0.466 e. The molecule has 1 saturated carbocycles. The van der Waals surface area contributed by atoms with Crippen LogP contribution in [-0.4, -0.2) is 30.8 Å². The Labute approximate surface area is 165 Å². The van der Waals surface area contributed by atoms with Crippen molar-refractivity contribution in [3.05, 3.63) is 29.8 Å². The van der Waals surface area contributed by atoms with Gasteiger partial charge in [-0.1, -0.05) is 63.4 Å². The molecule has 0 heterocycles. The molecule has 1 unspecified atom stereocenters. The van der Waals surface area contributed by atoms with Gasteiger partial charge in [-0.15, -0.1) is 0 Å². The van der Waals surface area contributed by atoms with Crippen molar-refractivity contribution in [3.8, 4) is 0 Å². The molecule has 0 spiro atoms. The molecule has 1 fully saturated rings. The summed E-state index contributed by atoms with van der Waals surface area (Å²) < 4.78 is 35.4. The predicted molar refractivity (Wildman–Crippen MR) is 102 cm³/mol. The highest BCUT2D eigenvalue weighted by molar-refractivity contribution is 9.24. The van der Waals surface area contributed by atoms with E-state index < -0.39 is 31.3 Å². The summed E-state index contributed by atoms with van der Waals surface area (Å²) in [6, 6.07) is 6.46. The Morgan fingerprint density at radius 1 is 1.24 bits per heavy atom. The lowest BCUT2D eigenvalue weighted by atomic mass is 10.1. The molecule has 0 N–H and O–H groups in total. The lowest BCUT2D eigenvalue weighted by Crippen LogP contribution is -2.29. The van der Waals surface area contributed by atoms with E-state index in [1.165, 1.54) is 12.1 Å². The topological polar surface area (TPSA) is 69.7 Å². The van der Waals surface area contributed by atoms with Gasteiger partial charge in [-0.25, -0.2) is 0 Å². The molecule has 0 bridgehead atoms. The third kappa shape index (κ3) is 4.46. The number of rotatable bonds is 7. The molecule has 1 aliphatic rings. The van der Waals surface area contributed by atoms with Gasteiger partial charge < -0.3 is 4.74 Å². The zero-order chi connectivity index (χ0) is 19.0. The molecule has 3 atom stereocenters. The molecule has 25 heavy (non-hydrogen) atoms. The summed E-state index contributed by atoms with van der Waals surface area (Å²) in [6.07, 6.45) is -0.740. The van der Waals surface area contributed by atoms with E-state index >= 15 is 0 Å². The fourth-order valence-corrected chi connectivity index (χ4v) is 5.40. The van der Waals surface area contributed by atoms with Gasteiger partial charge in [-0.3, -0.25) is 8.98 Å². The number of ether oxygens (including phenoxy) is 1. The van der Waals surface area contributed by atoms with Gasteiger partial charge in [0, 0.05) is 5.92 Å². The van der Waals surface area contributed by atoms with Crippen molar-refractivity contribution in [3.63, 3.8) is 0 Å². The van der Waals surface area contributed by atoms with Gasteiger partial charge in [0.1, 0.15) is 6.10 Å². The normalized spacial score (nSPS) is 23.3. The van der Waals surface area contributed by atoms with E-state index in [2.05, 4.69) is 31.9 Å². The van der Waals surface area contributed by atoms with E-state index in [1.807, 2.05) is 20.8 Å². The summed E-state index contributed by atoms with van der Waals surface area (Å²) in [6.45, 7) is 7.74. The second kappa shape index (κ2) is 7.66. The molecule has 0 aromatic heterocycles. The molecule has 1 aromatic carbocycles. The van der Waals surface area contributed by atoms with Crippen LogP contribution in [0.3, 0.4) is 0 Å². The fraction of sp³-hybridized carbons (Fsp3) is 0.588. The third-order valence-electron chi connectivity index (χ3n) is 4.60. The molecule has 140 valence electrons. The van der Waals surface area contributed by atoms with Gasteiger partial charge in [-0.05, 0) is 31.4 Å². The zero-order valence-electron chi connectivity index (χ0n) is 14.5. The summed E-state index contributed by atoms with van der Waals surface area (Å²) in [5.74, 6) is -1.00. The van der Waals surface area contributed by atoms with Crippen LogP contribution < -0.4 is 0 Å². The Bertz CT molecular complexity index is 728. The number of hydrogen-bond donors (Lipinski definition) is 0. The van der Waals surface area contributed by atoms with E-state index in [1.54, 1.807) is 19.1 Å². The quantitative estimate of drug-likeness (QED) is 0.323. The Morgan fingerprint density at radius 3 is 2.28 bits per heavy atom. The third-order valence-corrected chi connectivity index (χ3v) is 6.97. The van der Waals surface area contributed by atoms with Crippen LogP contribution in [0.1, 0.15) is 26.3 Å². The number of aryl methyl sites for hydroxylation is 1. The molecule has 1 aliphatic carbocycles. The monoisotopic (exact) mass is 496 g/mol. The lowest BCUT2D eigenvalue weighted by molar-refractivity contribution is -0.146. The summed E-state index contributed by atoms with van der Waals surface area (Å²) in [4.78, 5) is 12.3. The summed E-state index contributed by atoms with van der Waals surface area (Å²) in [5.41, 5.74) is 0.555. The largest absolute Gasteiger partial charge is 0.466 e. The predicted octanol–water partition coefficient (Wildman–Crippen LogP) is 4.02. The van der Waals surface area contributed by atoms with Gasteiger partial charge in [0.25, 0.3) is 10.1 Å². The zero-order valence-corrected chi connectivity index (χ0v) is 18.5. The number of alkyl halides is 2. The maximum absolute atomic E-state index is 12.6. The first kappa shape index (κ1) is 20.9. The number of benzene rings is 1. The minimum absolute atomic E-state index is 0.0925. The van der Waals surface area contributed by atoms with Crippen molar-refractivity contribution in [2.24, 2.45) is 17.3 Å². The van der Waals surface area contributed by atoms with Gasteiger partial charge in [-0.2, -0.15) is 8.42 Å². The minimum atomic E-state index is -3.95. The number of halogens is 2. The van der Waals surface area contributed by atoms with E-state index in [9.17, 15) is 13.2 Å². The smallest absolute Gasteiger partial charge is 0.309 e. The van der Waals surface area contributed by atoms with Gasteiger partial charge in [0.05, 0.1) is 21.2 Å². The maximum atomic E-state index is 12.6. The maximum Gasteiger partial charge on any atom is 0.309 e. The van der Waals surface area contributed by atoms with E-state index in [0.29, 0.717) is 0 Å². The SMILES string of the molecule is CCOC(=O)[C@@H]1[C@@H](C(OS(=O)(=O)c2ccc(C)cc2)C(Br)Br)C1(C)C. The summed E-state index contributed by atoms with van der Waals surface area (Å²) in [7, 11) is -3.95. The van der Waals surface area contributed by atoms with Gasteiger partial charge in [0.2, 0.25) is 0 Å². The van der Waals surface area contributed by atoms with Crippen molar-refractivity contribution in [2.45, 2.75) is 42.4 Å². The fourth-order valence-electron chi connectivity index (χ4n) is 3.14. The van der Waals surface area contributed by atoms with Crippen LogP contribution in [-0.2, 0) is 23.8 Å². The number of carbonyl (C=O) groups is 1. The van der Waals surface area contributed by atoms with Crippen LogP contribution in [0.4, 0.5) is 0 Å². The molecule has 5 nitrogen and oxygen atoms in total. The first-order chi connectivity index (χ1) is 11.5. The van der Waals surface area contributed by atoms with Crippen LogP contribution in [0.15, 0.2) is 29.2 Å². The second-order valence-corrected chi connectivity index (χ2v) is 11.5. The second-order valence-electron chi connectivity index (χ2n) is 6.74. The van der Waals surface area contributed by atoms with Crippen LogP contribution in [0, 0.1) is 24.2 Å². The molecule has 2 rings (SSSR count). The molecule has 0 saturated heterocycles. The molecule has 1 aromatic rings. The molecule has 0 radical (unpaired) electrons. The Morgan fingerprint density at radius 2 is 1.80 bits per heavy atom. The first-order valence-electron chi connectivity index (χ1n) is 7.97. The molecule has 0 amide bonds. The molecular weight excluding hydrogens is 476 g/mol.